The van der Waals surface area contributed by atoms with Gasteiger partial charge >= 0.3 is 0 Å². The van der Waals surface area contributed by atoms with Crippen LogP contribution in [0.4, 0.5) is 0 Å². The van der Waals surface area contributed by atoms with Gasteiger partial charge in [-0.3, -0.25) is 4.90 Å². The smallest absolute Gasteiger partial charge is 0.0594 e. The molecule has 0 N–H and O–H groups in total. The van der Waals surface area contributed by atoms with Crippen LogP contribution >= 0.6 is 0 Å². The van der Waals surface area contributed by atoms with Crippen LogP contribution < -0.4 is 0 Å². The van der Waals surface area contributed by atoms with Gasteiger partial charge in [0.25, 0.3) is 0 Å². The van der Waals surface area contributed by atoms with E-state index in [1.165, 1.54) is 25.9 Å². The van der Waals surface area contributed by atoms with Crippen molar-refractivity contribution in [1.82, 2.24) is 9.80 Å². The van der Waals surface area contributed by atoms with E-state index in [2.05, 4.69) is 16.8 Å². The lowest BCUT2D eigenvalue weighted by molar-refractivity contribution is -0.114. The quantitative estimate of drug-likeness (QED) is 0.604. The maximum atomic E-state index is 5.38. The van der Waals surface area contributed by atoms with Crippen molar-refractivity contribution in [2.24, 2.45) is 5.41 Å². The Kier molecular flexibility index (Phi) is 2.08. The Morgan fingerprint density at radius 2 is 1.79 bits per heavy atom. The molecule has 0 aromatic rings. The second kappa shape index (κ2) is 3.19. The first-order valence-electron chi connectivity index (χ1n) is 5.78. The van der Waals surface area contributed by atoms with Gasteiger partial charge in [-0.25, -0.2) is 0 Å². The molecule has 1 aliphatic carbocycles. The molecule has 14 heavy (non-hydrogen) atoms. The van der Waals surface area contributed by atoms with Gasteiger partial charge < -0.3 is 9.64 Å². The van der Waals surface area contributed by atoms with Crippen molar-refractivity contribution in [2.75, 3.05) is 46.4 Å². The summed E-state index contributed by atoms with van der Waals surface area (Å²) in [6.07, 6.45) is 2.88. The summed E-state index contributed by atoms with van der Waals surface area (Å²) in [6.45, 7) is 6.90. The summed E-state index contributed by atoms with van der Waals surface area (Å²) in [6, 6.07) is 0.882. The standard InChI is InChI=1S/C11H20N2O/c1-12-8-11(9-12)6-10(7-11)13-2-4-14-5-3-13/h10H,2-9H2,1H3. The normalized spacial score (nSPS) is 34.1. The molecule has 0 aromatic heterocycles. The van der Waals surface area contributed by atoms with Crippen LogP contribution in [0.1, 0.15) is 12.8 Å². The highest BCUT2D eigenvalue weighted by Gasteiger charge is 2.52. The lowest BCUT2D eigenvalue weighted by Gasteiger charge is -2.60. The molecule has 1 spiro atoms. The molecule has 3 aliphatic rings. The van der Waals surface area contributed by atoms with Crippen molar-refractivity contribution in [3.63, 3.8) is 0 Å². The van der Waals surface area contributed by atoms with Crippen LogP contribution in [0.25, 0.3) is 0 Å². The summed E-state index contributed by atoms with van der Waals surface area (Å²) >= 11 is 0. The van der Waals surface area contributed by atoms with Gasteiger partial charge in [-0.2, -0.15) is 0 Å². The van der Waals surface area contributed by atoms with Crippen LogP contribution in [0.3, 0.4) is 0 Å². The molecule has 0 unspecified atom stereocenters. The number of morpholine rings is 1. The van der Waals surface area contributed by atoms with Crippen molar-refractivity contribution in [3.8, 4) is 0 Å². The van der Waals surface area contributed by atoms with Crippen LogP contribution in [-0.4, -0.2) is 62.3 Å². The molecule has 2 heterocycles. The highest BCUT2D eigenvalue weighted by atomic mass is 16.5. The van der Waals surface area contributed by atoms with Crippen molar-refractivity contribution in [2.45, 2.75) is 18.9 Å². The summed E-state index contributed by atoms with van der Waals surface area (Å²) in [5.74, 6) is 0. The van der Waals surface area contributed by atoms with Crippen LogP contribution in [0.2, 0.25) is 0 Å². The summed E-state index contributed by atoms with van der Waals surface area (Å²) in [5, 5.41) is 0. The Labute approximate surface area is 86.0 Å². The highest BCUT2D eigenvalue weighted by Crippen LogP contribution is 2.49. The Morgan fingerprint density at radius 1 is 1.14 bits per heavy atom. The van der Waals surface area contributed by atoms with E-state index in [0.717, 1.165) is 37.8 Å². The molecule has 0 bridgehead atoms. The van der Waals surface area contributed by atoms with Crippen molar-refractivity contribution in [1.29, 1.82) is 0 Å². The van der Waals surface area contributed by atoms with E-state index in [1.54, 1.807) is 0 Å². The van der Waals surface area contributed by atoms with Crippen LogP contribution in [0.15, 0.2) is 0 Å². The zero-order valence-electron chi connectivity index (χ0n) is 9.04. The van der Waals surface area contributed by atoms with Gasteiger partial charge in [-0.05, 0) is 25.3 Å². The van der Waals surface area contributed by atoms with Crippen LogP contribution in [0, 0.1) is 5.41 Å². The van der Waals surface area contributed by atoms with Gasteiger partial charge in [0, 0.05) is 32.2 Å². The molecule has 3 rings (SSSR count). The average molecular weight is 196 g/mol. The van der Waals surface area contributed by atoms with E-state index < -0.39 is 0 Å². The summed E-state index contributed by atoms with van der Waals surface area (Å²) in [7, 11) is 2.23. The zero-order chi connectivity index (χ0) is 9.60. The van der Waals surface area contributed by atoms with E-state index in [1.807, 2.05) is 0 Å². The summed E-state index contributed by atoms with van der Waals surface area (Å²) in [5.41, 5.74) is 0.734. The second-order valence-corrected chi connectivity index (χ2v) is 5.38. The molecular formula is C11H20N2O. The minimum Gasteiger partial charge on any atom is -0.379 e. The first-order chi connectivity index (χ1) is 6.77. The molecule has 0 radical (unpaired) electrons. The molecule has 0 aromatic carbocycles. The Bertz CT molecular complexity index is 211. The average Bonchev–Trinajstić information content (AvgIpc) is 2.10. The fraction of sp³-hybridized carbons (Fsp3) is 1.00. The van der Waals surface area contributed by atoms with Crippen LogP contribution in [-0.2, 0) is 4.74 Å². The number of hydrogen-bond acceptors (Lipinski definition) is 3. The first kappa shape index (κ1) is 9.13. The van der Waals surface area contributed by atoms with Gasteiger partial charge in [0.1, 0.15) is 0 Å². The predicted octanol–water partition coefficient (Wildman–Crippen LogP) is 0.413. The molecule has 0 amide bonds. The van der Waals surface area contributed by atoms with Crippen LogP contribution in [0.5, 0.6) is 0 Å². The molecule has 0 atom stereocenters. The molecule has 2 aliphatic heterocycles. The highest BCUT2D eigenvalue weighted by molar-refractivity contribution is 5.06. The molecule has 3 fully saturated rings. The number of nitrogens with zero attached hydrogens (tertiary/aromatic N) is 2. The molecule has 3 nitrogen and oxygen atoms in total. The summed E-state index contributed by atoms with van der Waals surface area (Å²) in [4.78, 5) is 5.07. The third kappa shape index (κ3) is 1.38. The second-order valence-electron chi connectivity index (χ2n) is 5.38. The molecule has 1 saturated carbocycles. The third-order valence-electron chi connectivity index (χ3n) is 4.11. The topological polar surface area (TPSA) is 15.7 Å². The Balaban J connectivity index is 1.49. The first-order valence-corrected chi connectivity index (χ1v) is 5.78. The van der Waals surface area contributed by atoms with Gasteiger partial charge in [0.2, 0.25) is 0 Å². The van der Waals surface area contributed by atoms with E-state index in [9.17, 15) is 0 Å². The van der Waals surface area contributed by atoms with E-state index in [0.29, 0.717) is 0 Å². The Hall–Kier alpha value is -0.120. The van der Waals surface area contributed by atoms with Gasteiger partial charge in [0.15, 0.2) is 0 Å². The van der Waals surface area contributed by atoms with Crippen molar-refractivity contribution in [3.05, 3.63) is 0 Å². The minimum absolute atomic E-state index is 0.734. The third-order valence-corrected chi connectivity index (χ3v) is 4.11. The number of likely N-dealkylation sites (tertiary alicyclic amines) is 1. The lowest BCUT2D eigenvalue weighted by atomic mass is 9.60. The number of ether oxygens (including phenoxy) is 1. The minimum atomic E-state index is 0.734. The molecule has 2 saturated heterocycles. The largest absolute Gasteiger partial charge is 0.379 e. The van der Waals surface area contributed by atoms with Gasteiger partial charge in [-0.15, -0.1) is 0 Å². The van der Waals surface area contributed by atoms with E-state index >= 15 is 0 Å². The lowest BCUT2D eigenvalue weighted by Crippen LogP contribution is -2.66. The fourth-order valence-electron chi connectivity index (χ4n) is 3.50. The Morgan fingerprint density at radius 3 is 2.36 bits per heavy atom. The zero-order valence-corrected chi connectivity index (χ0v) is 9.04. The fourth-order valence-corrected chi connectivity index (χ4v) is 3.50. The molecule has 80 valence electrons. The summed E-state index contributed by atoms with van der Waals surface area (Å²) < 4.78 is 5.38. The number of hydrogen-bond donors (Lipinski definition) is 0. The molecular weight excluding hydrogens is 176 g/mol. The van der Waals surface area contributed by atoms with Crippen molar-refractivity contribution >= 4 is 0 Å². The van der Waals surface area contributed by atoms with Crippen molar-refractivity contribution < 1.29 is 4.74 Å². The predicted molar refractivity (Wildman–Crippen MR) is 55.3 cm³/mol. The monoisotopic (exact) mass is 196 g/mol. The SMILES string of the molecule is CN1CC2(CC(N3CCOCC3)C2)C1. The van der Waals surface area contributed by atoms with E-state index in [-0.39, 0.29) is 0 Å². The van der Waals surface area contributed by atoms with E-state index in [4.69, 9.17) is 4.74 Å². The number of rotatable bonds is 1. The maximum Gasteiger partial charge on any atom is 0.0594 e. The van der Waals surface area contributed by atoms with Gasteiger partial charge in [0.05, 0.1) is 13.2 Å². The van der Waals surface area contributed by atoms with Gasteiger partial charge in [-0.1, -0.05) is 0 Å². The molecule has 3 heteroatoms. The maximum absolute atomic E-state index is 5.38.